The normalized spacial score (nSPS) is 9.19. The fraction of sp³-hybridized carbons (Fsp3) is 0.100. The molecule has 0 unspecified atom stereocenters. The van der Waals surface area contributed by atoms with Crippen molar-refractivity contribution in [1.29, 1.82) is 0 Å². The molecule has 0 atom stereocenters. The molecule has 0 aliphatic carbocycles. The zero-order valence-corrected chi connectivity index (χ0v) is 8.04. The monoisotopic (exact) mass is 221 g/mol. The van der Waals surface area contributed by atoms with E-state index in [1.54, 1.807) is 0 Å². The standard InChI is InChI=1S/C10H7NO5/c1-2-5-16-7-3-4-8(10(12)13)9(6-7)11(14)15/h1,3-4,6H,5H2,(H,12,13). The van der Waals surface area contributed by atoms with Gasteiger partial charge in [0.15, 0.2) is 0 Å². The minimum Gasteiger partial charge on any atom is -0.481 e. The van der Waals surface area contributed by atoms with Gasteiger partial charge in [-0.15, -0.1) is 6.42 Å². The highest BCUT2D eigenvalue weighted by Crippen LogP contribution is 2.24. The summed E-state index contributed by atoms with van der Waals surface area (Å²) in [6.07, 6.45) is 4.95. The van der Waals surface area contributed by atoms with Crippen molar-refractivity contribution < 1.29 is 19.6 Å². The molecule has 0 fully saturated rings. The Morgan fingerprint density at radius 3 is 2.81 bits per heavy atom. The molecule has 1 rings (SSSR count). The van der Waals surface area contributed by atoms with E-state index in [1.807, 2.05) is 0 Å². The van der Waals surface area contributed by atoms with Gasteiger partial charge in [-0.25, -0.2) is 4.79 Å². The molecule has 0 amide bonds. The van der Waals surface area contributed by atoms with E-state index < -0.39 is 22.1 Å². The summed E-state index contributed by atoms with van der Waals surface area (Å²) >= 11 is 0. The molecule has 0 saturated carbocycles. The number of aromatic carboxylic acids is 1. The van der Waals surface area contributed by atoms with E-state index in [1.165, 1.54) is 6.07 Å². The molecule has 1 N–H and O–H groups in total. The van der Waals surface area contributed by atoms with Crippen molar-refractivity contribution in [3.05, 3.63) is 33.9 Å². The number of hydrogen-bond donors (Lipinski definition) is 1. The third kappa shape index (κ3) is 2.48. The van der Waals surface area contributed by atoms with Crippen LogP contribution >= 0.6 is 0 Å². The van der Waals surface area contributed by atoms with Gasteiger partial charge in [0.1, 0.15) is 17.9 Å². The quantitative estimate of drug-likeness (QED) is 0.470. The molecular formula is C10H7NO5. The Morgan fingerprint density at radius 1 is 1.62 bits per heavy atom. The first-order valence-corrected chi connectivity index (χ1v) is 4.14. The van der Waals surface area contributed by atoms with E-state index in [0.717, 1.165) is 12.1 Å². The third-order valence-electron chi connectivity index (χ3n) is 1.72. The first-order valence-electron chi connectivity index (χ1n) is 4.14. The SMILES string of the molecule is C#CCOc1ccc(C(=O)O)c([N+](=O)[O-])c1. The number of terminal acetylenes is 1. The second kappa shape index (κ2) is 4.79. The minimum atomic E-state index is -1.37. The Balaban J connectivity index is 3.13. The number of benzene rings is 1. The van der Waals surface area contributed by atoms with E-state index in [-0.39, 0.29) is 12.4 Å². The number of hydrogen-bond acceptors (Lipinski definition) is 4. The highest BCUT2D eigenvalue weighted by molar-refractivity contribution is 5.92. The molecule has 0 heterocycles. The fourth-order valence-corrected chi connectivity index (χ4v) is 1.06. The smallest absolute Gasteiger partial charge is 0.342 e. The second-order valence-electron chi connectivity index (χ2n) is 2.73. The number of ether oxygens (including phenoxy) is 1. The molecule has 0 radical (unpaired) electrons. The lowest BCUT2D eigenvalue weighted by Gasteiger charge is -2.03. The van der Waals surface area contributed by atoms with Crippen LogP contribution in [0.1, 0.15) is 10.4 Å². The van der Waals surface area contributed by atoms with Crippen molar-refractivity contribution in [1.82, 2.24) is 0 Å². The van der Waals surface area contributed by atoms with E-state index in [0.29, 0.717) is 0 Å². The summed E-state index contributed by atoms with van der Waals surface area (Å²) in [6, 6.07) is 3.45. The molecule has 1 aromatic rings. The van der Waals surface area contributed by atoms with E-state index in [2.05, 4.69) is 5.92 Å². The second-order valence-corrected chi connectivity index (χ2v) is 2.73. The van der Waals surface area contributed by atoms with Crippen molar-refractivity contribution in [2.24, 2.45) is 0 Å². The lowest BCUT2D eigenvalue weighted by atomic mass is 10.2. The van der Waals surface area contributed by atoms with Gasteiger partial charge in [0.25, 0.3) is 5.69 Å². The molecule has 0 saturated heterocycles. The summed E-state index contributed by atoms with van der Waals surface area (Å²) in [4.78, 5) is 20.5. The van der Waals surface area contributed by atoms with Crippen LogP contribution in [-0.4, -0.2) is 22.6 Å². The van der Waals surface area contributed by atoms with Crippen LogP contribution in [0.5, 0.6) is 5.75 Å². The maximum absolute atomic E-state index is 10.7. The van der Waals surface area contributed by atoms with Gasteiger partial charge < -0.3 is 9.84 Å². The van der Waals surface area contributed by atoms with Crippen LogP contribution in [0.25, 0.3) is 0 Å². The zero-order chi connectivity index (χ0) is 12.1. The minimum absolute atomic E-state index is 0.0381. The highest BCUT2D eigenvalue weighted by Gasteiger charge is 2.20. The molecule has 0 spiro atoms. The maximum Gasteiger partial charge on any atom is 0.342 e. The third-order valence-corrected chi connectivity index (χ3v) is 1.72. The summed E-state index contributed by atoms with van der Waals surface area (Å²) in [6.45, 7) is -0.0381. The Morgan fingerprint density at radius 2 is 2.31 bits per heavy atom. The summed E-state index contributed by atoms with van der Waals surface area (Å²) in [7, 11) is 0. The van der Waals surface area contributed by atoms with Crippen molar-refractivity contribution in [2.75, 3.05) is 6.61 Å². The molecular weight excluding hydrogens is 214 g/mol. The number of nitro groups is 1. The molecule has 1 aromatic carbocycles. The predicted octanol–water partition coefficient (Wildman–Crippen LogP) is 1.30. The van der Waals surface area contributed by atoms with Gasteiger partial charge in [-0.3, -0.25) is 10.1 Å². The van der Waals surface area contributed by atoms with Crippen LogP contribution in [0.4, 0.5) is 5.69 Å². The van der Waals surface area contributed by atoms with Crippen molar-refractivity contribution >= 4 is 11.7 Å². The lowest BCUT2D eigenvalue weighted by Crippen LogP contribution is -2.03. The Labute approximate surface area is 90.6 Å². The van der Waals surface area contributed by atoms with Gasteiger partial charge in [-0.2, -0.15) is 0 Å². The Hall–Kier alpha value is -2.55. The Kier molecular flexibility index (Phi) is 3.45. The van der Waals surface area contributed by atoms with Gasteiger partial charge in [-0.05, 0) is 12.1 Å². The molecule has 0 aliphatic rings. The van der Waals surface area contributed by atoms with E-state index in [4.69, 9.17) is 16.3 Å². The number of carboxylic acid groups (broad SMARTS) is 1. The van der Waals surface area contributed by atoms with Gasteiger partial charge in [-0.1, -0.05) is 5.92 Å². The summed E-state index contributed by atoms with van der Waals surface area (Å²) in [5.41, 5.74) is -0.917. The number of nitrogens with zero attached hydrogens (tertiary/aromatic N) is 1. The van der Waals surface area contributed by atoms with Gasteiger partial charge >= 0.3 is 5.97 Å². The van der Waals surface area contributed by atoms with E-state index in [9.17, 15) is 14.9 Å². The van der Waals surface area contributed by atoms with Crippen LogP contribution in [0.15, 0.2) is 18.2 Å². The summed E-state index contributed by atoms with van der Waals surface area (Å²) < 4.78 is 4.95. The van der Waals surface area contributed by atoms with Crippen LogP contribution < -0.4 is 4.74 Å². The maximum atomic E-state index is 10.7. The summed E-state index contributed by atoms with van der Waals surface area (Å²) in [5.74, 6) is 0.990. The number of nitro benzene ring substituents is 1. The zero-order valence-electron chi connectivity index (χ0n) is 8.04. The number of carbonyl (C=O) groups is 1. The average molecular weight is 221 g/mol. The average Bonchev–Trinajstić information content (AvgIpc) is 2.25. The van der Waals surface area contributed by atoms with Crippen molar-refractivity contribution in [2.45, 2.75) is 0 Å². The first kappa shape index (κ1) is 11.5. The molecule has 16 heavy (non-hydrogen) atoms. The van der Waals surface area contributed by atoms with Gasteiger partial charge in [0, 0.05) is 0 Å². The van der Waals surface area contributed by atoms with Crippen LogP contribution in [0, 0.1) is 22.5 Å². The Bertz CT molecular complexity index is 475. The summed E-state index contributed by atoms with van der Waals surface area (Å²) in [5, 5.41) is 19.3. The molecule has 6 heteroatoms. The molecule has 0 bridgehead atoms. The predicted molar refractivity (Wildman–Crippen MR) is 54.4 cm³/mol. The van der Waals surface area contributed by atoms with Crippen LogP contribution in [0.2, 0.25) is 0 Å². The topological polar surface area (TPSA) is 89.7 Å². The molecule has 82 valence electrons. The lowest BCUT2D eigenvalue weighted by molar-refractivity contribution is -0.385. The largest absolute Gasteiger partial charge is 0.481 e. The number of carboxylic acids is 1. The van der Waals surface area contributed by atoms with Crippen LogP contribution in [-0.2, 0) is 0 Å². The first-order chi connectivity index (χ1) is 7.56. The van der Waals surface area contributed by atoms with Crippen molar-refractivity contribution in [3.8, 4) is 18.1 Å². The highest BCUT2D eigenvalue weighted by atomic mass is 16.6. The molecule has 6 nitrogen and oxygen atoms in total. The van der Waals surface area contributed by atoms with Crippen LogP contribution in [0.3, 0.4) is 0 Å². The molecule has 0 aliphatic heterocycles. The van der Waals surface area contributed by atoms with Crippen molar-refractivity contribution in [3.63, 3.8) is 0 Å². The number of rotatable bonds is 4. The molecule has 0 aromatic heterocycles. The van der Waals surface area contributed by atoms with Gasteiger partial charge in [0.05, 0.1) is 11.0 Å². The fourth-order valence-electron chi connectivity index (χ4n) is 1.06. The van der Waals surface area contributed by atoms with E-state index >= 15 is 0 Å². The van der Waals surface area contributed by atoms with Gasteiger partial charge in [0.2, 0.25) is 0 Å².